The van der Waals surface area contributed by atoms with Crippen molar-refractivity contribution in [1.29, 1.82) is 0 Å². The molecule has 1 atom stereocenters. The number of hydrogen-bond acceptors (Lipinski definition) is 3. The Morgan fingerprint density at radius 3 is 2.48 bits per heavy atom. The Morgan fingerprint density at radius 2 is 1.90 bits per heavy atom. The van der Waals surface area contributed by atoms with E-state index in [1.54, 1.807) is 0 Å². The van der Waals surface area contributed by atoms with Gasteiger partial charge >= 0.3 is 5.97 Å². The van der Waals surface area contributed by atoms with Gasteiger partial charge in [-0.2, -0.15) is 0 Å². The molecule has 1 saturated heterocycles. The van der Waals surface area contributed by atoms with Crippen LogP contribution in [0.5, 0.6) is 0 Å². The summed E-state index contributed by atoms with van der Waals surface area (Å²) >= 11 is 0. The summed E-state index contributed by atoms with van der Waals surface area (Å²) < 4.78 is 11.2. The molecular formula is C18H24O3. The molecule has 0 N–H and O–H groups in total. The fraction of sp³-hybridized carbons (Fsp3) is 0.611. The first-order valence-electron chi connectivity index (χ1n) is 8.10. The molecule has 21 heavy (non-hydrogen) atoms. The van der Waals surface area contributed by atoms with Gasteiger partial charge in [0.05, 0.1) is 6.61 Å². The van der Waals surface area contributed by atoms with Crippen molar-refractivity contribution in [2.24, 2.45) is 0 Å². The van der Waals surface area contributed by atoms with Crippen molar-refractivity contribution in [3.63, 3.8) is 0 Å². The van der Waals surface area contributed by atoms with Crippen LogP contribution in [-0.2, 0) is 14.3 Å². The maximum absolute atomic E-state index is 12.2. The Bertz CT molecular complexity index is 502. The molecular weight excluding hydrogens is 264 g/mol. The van der Waals surface area contributed by atoms with E-state index in [0.29, 0.717) is 18.9 Å². The van der Waals surface area contributed by atoms with Gasteiger partial charge in [0.25, 0.3) is 0 Å². The number of carbonyl (C=O) groups is 1. The number of ether oxygens (including phenoxy) is 2. The normalized spacial score (nSPS) is 34.7. The van der Waals surface area contributed by atoms with E-state index in [0.717, 1.165) is 25.7 Å². The van der Waals surface area contributed by atoms with Gasteiger partial charge in [-0.3, -0.25) is 0 Å². The van der Waals surface area contributed by atoms with Crippen LogP contribution in [0, 0.1) is 0 Å². The van der Waals surface area contributed by atoms with Gasteiger partial charge in [0.1, 0.15) is 5.60 Å². The highest BCUT2D eigenvalue weighted by atomic mass is 16.7. The minimum Gasteiger partial charge on any atom is -0.464 e. The smallest absolute Gasteiger partial charge is 0.341 e. The van der Waals surface area contributed by atoms with Crippen LogP contribution in [0.3, 0.4) is 0 Å². The summed E-state index contributed by atoms with van der Waals surface area (Å²) in [6.45, 7) is 4.30. The second-order valence-corrected chi connectivity index (χ2v) is 6.18. The lowest BCUT2D eigenvalue weighted by Gasteiger charge is -2.28. The lowest BCUT2D eigenvalue weighted by molar-refractivity contribution is -0.149. The van der Waals surface area contributed by atoms with Crippen LogP contribution in [0.15, 0.2) is 30.3 Å². The number of esters is 1. The molecule has 0 radical (unpaired) electrons. The third kappa shape index (κ3) is 2.28. The first-order chi connectivity index (χ1) is 10.2. The third-order valence-electron chi connectivity index (χ3n) is 5.23. The Hall–Kier alpha value is -1.35. The summed E-state index contributed by atoms with van der Waals surface area (Å²) in [5.74, 6) is 0.434. The first-order valence-corrected chi connectivity index (χ1v) is 8.10. The van der Waals surface area contributed by atoms with Gasteiger partial charge in [-0.15, -0.1) is 0 Å². The zero-order valence-corrected chi connectivity index (χ0v) is 12.9. The summed E-state index contributed by atoms with van der Waals surface area (Å²) in [6, 6.07) is 10.7. The van der Waals surface area contributed by atoms with E-state index in [1.165, 1.54) is 5.56 Å². The molecule has 1 aliphatic heterocycles. The predicted octanol–water partition coefficient (Wildman–Crippen LogP) is 3.83. The number of carbonyl (C=O) groups excluding carboxylic acids is 1. The highest BCUT2D eigenvalue weighted by Gasteiger charge is 2.74. The number of rotatable bonds is 4. The second-order valence-electron chi connectivity index (χ2n) is 6.18. The van der Waals surface area contributed by atoms with Crippen molar-refractivity contribution >= 4 is 5.97 Å². The maximum atomic E-state index is 12.2. The van der Waals surface area contributed by atoms with Crippen LogP contribution in [-0.4, -0.2) is 23.8 Å². The lowest BCUT2D eigenvalue weighted by atomic mass is 9.73. The Kier molecular flexibility index (Phi) is 3.78. The molecule has 1 unspecified atom stereocenters. The molecule has 1 aromatic rings. The van der Waals surface area contributed by atoms with E-state index in [9.17, 15) is 4.79 Å². The number of hydrogen-bond donors (Lipinski definition) is 0. The van der Waals surface area contributed by atoms with Crippen molar-refractivity contribution < 1.29 is 14.3 Å². The topological polar surface area (TPSA) is 38.8 Å². The highest BCUT2D eigenvalue weighted by molar-refractivity contribution is 5.85. The summed E-state index contributed by atoms with van der Waals surface area (Å²) in [6.07, 6.45) is 4.80. The molecule has 0 amide bonds. The molecule has 1 aromatic carbocycles. The molecule has 3 rings (SSSR count). The van der Waals surface area contributed by atoms with Crippen LogP contribution < -0.4 is 0 Å². The van der Waals surface area contributed by atoms with E-state index in [1.807, 2.05) is 13.8 Å². The van der Waals surface area contributed by atoms with E-state index in [2.05, 4.69) is 30.3 Å². The average Bonchev–Trinajstić information content (AvgIpc) is 3.17. The quantitative estimate of drug-likeness (QED) is 0.624. The van der Waals surface area contributed by atoms with Crippen LogP contribution in [0.1, 0.15) is 57.4 Å². The molecule has 1 saturated carbocycles. The van der Waals surface area contributed by atoms with Gasteiger partial charge in [-0.05, 0) is 50.5 Å². The molecule has 1 heterocycles. The summed E-state index contributed by atoms with van der Waals surface area (Å²) in [5.41, 5.74) is 0.496. The van der Waals surface area contributed by atoms with Gasteiger partial charge in [-0.25, -0.2) is 4.79 Å². The fourth-order valence-corrected chi connectivity index (χ4v) is 3.97. The predicted molar refractivity (Wildman–Crippen MR) is 81.1 cm³/mol. The molecule has 0 bridgehead atoms. The van der Waals surface area contributed by atoms with E-state index >= 15 is 0 Å². The van der Waals surface area contributed by atoms with E-state index < -0.39 is 5.60 Å². The molecule has 1 spiro atoms. The van der Waals surface area contributed by atoms with Crippen LogP contribution in [0.2, 0.25) is 0 Å². The Labute approximate surface area is 126 Å². The van der Waals surface area contributed by atoms with Crippen molar-refractivity contribution in [2.75, 3.05) is 6.61 Å². The van der Waals surface area contributed by atoms with Crippen molar-refractivity contribution in [2.45, 2.75) is 63.1 Å². The maximum Gasteiger partial charge on any atom is 0.341 e. The molecule has 2 fully saturated rings. The second kappa shape index (κ2) is 5.45. The zero-order valence-electron chi connectivity index (χ0n) is 12.9. The Morgan fingerprint density at radius 1 is 1.24 bits per heavy atom. The van der Waals surface area contributed by atoms with E-state index in [4.69, 9.17) is 9.47 Å². The highest BCUT2D eigenvalue weighted by Crippen LogP contribution is 2.60. The zero-order chi connectivity index (χ0) is 14.9. The van der Waals surface area contributed by atoms with Gasteiger partial charge in [0.2, 0.25) is 0 Å². The Balaban J connectivity index is 1.68. The van der Waals surface area contributed by atoms with Crippen LogP contribution in [0.25, 0.3) is 0 Å². The van der Waals surface area contributed by atoms with Gasteiger partial charge in [-0.1, -0.05) is 37.3 Å². The summed E-state index contributed by atoms with van der Waals surface area (Å²) in [7, 11) is 0. The fourth-order valence-electron chi connectivity index (χ4n) is 3.97. The largest absolute Gasteiger partial charge is 0.464 e. The molecule has 1 aliphatic carbocycles. The summed E-state index contributed by atoms with van der Waals surface area (Å²) in [5, 5.41) is 0. The van der Waals surface area contributed by atoms with Crippen LogP contribution >= 0.6 is 0 Å². The van der Waals surface area contributed by atoms with Crippen molar-refractivity contribution in [3.05, 3.63) is 35.9 Å². The van der Waals surface area contributed by atoms with Crippen molar-refractivity contribution in [1.82, 2.24) is 0 Å². The standard InChI is InChI=1S/C18H24O3/c1-3-18(16(19)20-4-2)17(21-18)12-10-15(11-13-17)14-8-6-5-7-9-14/h5-9,15H,3-4,10-13H2,1-2H3. The minimum atomic E-state index is -0.662. The molecule has 3 nitrogen and oxygen atoms in total. The SMILES string of the molecule is CCOC(=O)C1(CC)OC12CCC(c1ccccc1)CC2. The number of epoxide rings is 1. The first kappa shape index (κ1) is 14.6. The lowest BCUT2D eigenvalue weighted by Crippen LogP contribution is -2.37. The van der Waals surface area contributed by atoms with Gasteiger partial charge in [0.15, 0.2) is 5.60 Å². The van der Waals surface area contributed by atoms with Crippen LogP contribution in [0.4, 0.5) is 0 Å². The third-order valence-corrected chi connectivity index (χ3v) is 5.23. The molecule has 2 aliphatic rings. The van der Waals surface area contributed by atoms with Crippen molar-refractivity contribution in [3.8, 4) is 0 Å². The average molecular weight is 288 g/mol. The van der Waals surface area contributed by atoms with E-state index in [-0.39, 0.29) is 11.6 Å². The monoisotopic (exact) mass is 288 g/mol. The molecule has 114 valence electrons. The minimum absolute atomic E-state index is 0.161. The summed E-state index contributed by atoms with van der Waals surface area (Å²) in [4.78, 5) is 12.2. The van der Waals surface area contributed by atoms with Gasteiger partial charge in [0, 0.05) is 0 Å². The molecule has 0 aromatic heterocycles. The molecule has 3 heteroatoms. The number of benzene rings is 1. The van der Waals surface area contributed by atoms with Gasteiger partial charge < -0.3 is 9.47 Å².